The third-order valence-corrected chi connectivity index (χ3v) is 9.56. The molecule has 0 aromatic carbocycles. The number of hydrogen-bond acceptors (Lipinski definition) is 4. The van der Waals surface area contributed by atoms with Gasteiger partial charge in [-0.25, -0.2) is 0 Å². The van der Waals surface area contributed by atoms with E-state index in [1.54, 1.807) is 0 Å². The molecule has 0 aliphatic heterocycles. The van der Waals surface area contributed by atoms with Gasteiger partial charge in [0.2, 0.25) is 0 Å². The normalized spacial score (nSPS) is 50.8. The van der Waals surface area contributed by atoms with E-state index >= 15 is 0 Å². The maximum absolute atomic E-state index is 10.6. The zero-order valence-electron chi connectivity index (χ0n) is 17.6. The van der Waals surface area contributed by atoms with Crippen LogP contribution in [0.1, 0.15) is 78.6 Å². The largest absolute Gasteiger partial charge is 0.394 e. The van der Waals surface area contributed by atoms with Crippen molar-refractivity contribution in [2.75, 3.05) is 13.2 Å². The lowest BCUT2D eigenvalue weighted by Crippen LogP contribution is -2.56. The number of rotatable bonds is 4. The lowest BCUT2D eigenvalue weighted by Gasteiger charge is -2.61. The van der Waals surface area contributed by atoms with Crippen LogP contribution in [0.25, 0.3) is 0 Å². The van der Waals surface area contributed by atoms with Gasteiger partial charge < -0.3 is 15.7 Å². The smallest absolute Gasteiger partial charge is 0.129 e. The summed E-state index contributed by atoms with van der Waals surface area (Å²) in [5.41, 5.74) is 7.48. The molecule has 0 heterocycles. The zero-order chi connectivity index (χ0) is 19.2. The second-order valence-electron chi connectivity index (χ2n) is 10.4. The highest BCUT2D eigenvalue weighted by Crippen LogP contribution is 2.66. The highest BCUT2D eigenvalue weighted by molar-refractivity contribution is 5.87. The van der Waals surface area contributed by atoms with E-state index < -0.39 is 0 Å². The summed E-state index contributed by atoms with van der Waals surface area (Å²) in [5.74, 6) is 3.72. The van der Waals surface area contributed by atoms with Crippen molar-refractivity contribution in [1.29, 1.82) is 0 Å². The van der Waals surface area contributed by atoms with Gasteiger partial charge in [-0.15, -0.1) is 0 Å². The average Bonchev–Trinajstić information content (AvgIpc) is 2.97. The third-order valence-electron chi connectivity index (χ3n) is 9.56. The predicted octanol–water partition coefficient (Wildman–Crippen LogP) is 4.36. The Balaban J connectivity index is 1.57. The molecular formula is C23H40N2O2. The van der Waals surface area contributed by atoms with Gasteiger partial charge in [-0.05, 0) is 92.3 Å². The molecule has 8 atom stereocenters. The molecule has 0 aromatic rings. The Morgan fingerprint density at radius 1 is 1.04 bits per heavy atom. The summed E-state index contributed by atoms with van der Waals surface area (Å²) in [6.45, 7) is 8.36. The van der Waals surface area contributed by atoms with Crippen LogP contribution < -0.4 is 5.73 Å². The molecule has 0 amide bonds. The van der Waals surface area contributed by atoms with E-state index in [1.165, 1.54) is 50.7 Å². The van der Waals surface area contributed by atoms with E-state index in [0.29, 0.717) is 24.5 Å². The molecule has 4 rings (SSSR count). The van der Waals surface area contributed by atoms with Gasteiger partial charge in [0.05, 0.1) is 11.8 Å². The molecule has 4 fully saturated rings. The van der Waals surface area contributed by atoms with Crippen LogP contribution in [0.4, 0.5) is 0 Å². The van der Waals surface area contributed by atoms with Crippen molar-refractivity contribution < 1.29 is 9.94 Å². The van der Waals surface area contributed by atoms with Crippen molar-refractivity contribution in [2.45, 2.75) is 84.7 Å². The van der Waals surface area contributed by atoms with Crippen LogP contribution in [0.15, 0.2) is 5.16 Å². The number of aliphatic hydroxyl groups is 1. The summed E-state index contributed by atoms with van der Waals surface area (Å²) in [6.07, 6.45) is 10.9. The fourth-order valence-corrected chi connectivity index (χ4v) is 8.12. The van der Waals surface area contributed by atoms with E-state index in [-0.39, 0.29) is 11.5 Å². The number of nitrogens with zero attached hydrogens (tertiary/aromatic N) is 1. The van der Waals surface area contributed by atoms with Crippen LogP contribution in [-0.4, -0.2) is 30.1 Å². The van der Waals surface area contributed by atoms with Crippen LogP contribution in [0.2, 0.25) is 0 Å². The van der Waals surface area contributed by atoms with Crippen LogP contribution in [-0.2, 0) is 4.84 Å². The Hall–Kier alpha value is -0.610. The summed E-state index contributed by atoms with van der Waals surface area (Å²) in [7, 11) is 0. The molecule has 27 heavy (non-hydrogen) atoms. The van der Waals surface area contributed by atoms with Gasteiger partial charge in [0, 0.05) is 12.5 Å². The lowest BCUT2D eigenvalue weighted by molar-refractivity contribution is -0.121. The minimum atomic E-state index is -0.0674. The Labute approximate surface area is 165 Å². The Morgan fingerprint density at radius 2 is 1.78 bits per heavy atom. The van der Waals surface area contributed by atoms with Crippen molar-refractivity contribution in [1.82, 2.24) is 0 Å². The van der Waals surface area contributed by atoms with Gasteiger partial charge in [0.1, 0.15) is 6.61 Å². The first-order valence-corrected chi connectivity index (χ1v) is 11.5. The number of aliphatic hydroxyl groups excluding tert-OH is 1. The summed E-state index contributed by atoms with van der Waals surface area (Å²) < 4.78 is 0. The molecule has 4 aliphatic rings. The fourth-order valence-electron chi connectivity index (χ4n) is 8.12. The van der Waals surface area contributed by atoms with Gasteiger partial charge >= 0.3 is 0 Å². The molecule has 0 saturated heterocycles. The minimum Gasteiger partial charge on any atom is -0.394 e. The lowest BCUT2D eigenvalue weighted by atomic mass is 9.43. The van der Waals surface area contributed by atoms with Gasteiger partial charge in [-0.2, -0.15) is 0 Å². The Morgan fingerprint density at radius 3 is 2.52 bits per heavy atom. The Kier molecular flexibility index (Phi) is 5.35. The SMILES string of the molecule is CC[C@@H]1/C(=N\OCCN)CC[C@@]2(C)C1CC[C@H]1[C@@H]3CC[C@H](O)[C@@]3(C)CC[C@@H]12. The van der Waals surface area contributed by atoms with E-state index in [2.05, 4.69) is 25.9 Å². The molecule has 4 heteroatoms. The quantitative estimate of drug-likeness (QED) is 0.566. The zero-order valence-corrected chi connectivity index (χ0v) is 17.6. The van der Waals surface area contributed by atoms with Crippen molar-refractivity contribution in [2.24, 2.45) is 51.3 Å². The monoisotopic (exact) mass is 376 g/mol. The summed E-state index contributed by atoms with van der Waals surface area (Å²) in [4.78, 5) is 5.49. The molecular weight excluding hydrogens is 336 g/mol. The number of hydrogen-bond donors (Lipinski definition) is 2. The molecule has 4 nitrogen and oxygen atoms in total. The second kappa shape index (κ2) is 7.33. The van der Waals surface area contributed by atoms with Crippen LogP contribution in [0.3, 0.4) is 0 Å². The highest BCUT2D eigenvalue weighted by atomic mass is 16.6. The predicted molar refractivity (Wildman–Crippen MR) is 109 cm³/mol. The van der Waals surface area contributed by atoms with Crippen LogP contribution in [0.5, 0.6) is 0 Å². The van der Waals surface area contributed by atoms with E-state index in [0.717, 1.165) is 36.5 Å². The molecule has 0 aromatic heterocycles. The molecule has 0 bridgehead atoms. The number of nitrogens with two attached hydrogens (primary N) is 1. The van der Waals surface area contributed by atoms with Crippen molar-refractivity contribution >= 4 is 5.71 Å². The van der Waals surface area contributed by atoms with Gasteiger partial charge in [-0.1, -0.05) is 25.9 Å². The van der Waals surface area contributed by atoms with Crippen LogP contribution >= 0.6 is 0 Å². The van der Waals surface area contributed by atoms with E-state index in [1.807, 2.05) is 0 Å². The van der Waals surface area contributed by atoms with Crippen LogP contribution in [0, 0.1) is 40.4 Å². The Bertz CT molecular complexity index is 579. The van der Waals surface area contributed by atoms with Gasteiger partial charge in [0.25, 0.3) is 0 Å². The van der Waals surface area contributed by atoms with E-state index in [9.17, 15) is 5.11 Å². The molecule has 4 saturated carbocycles. The molecule has 0 radical (unpaired) electrons. The van der Waals surface area contributed by atoms with Crippen molar-refractivity contribution in [3.63, 3.8) is 0 Å². The standard InChI is InChI=1S/C23H40N2O2/c1-4-15-17-6-5-16-18-7-8-21(26)23(18,3)11-9-19(16)22(17,2)12-10-20(15)25-27-14-13-24/h15-19,21,26H,4-14,24H2,1-3H3/b25-20-/t15-,16-,17?,18-,19-,21-,22-,23-/m0/s1. The maximum Gasteiger partial charge on any atom is 0.129 e. The molecule has 0 spiro atoms. The summed E-state index contributed by atoms with van der Waals surface area (Å²) in [6, 6.07) is 0. The molecule has 3 N–H and O–H groups in total. The highest BCUT2D eigenvalue weighted by Gasteiger charge is 2.61. The van der Waals surface area contributed by atoms with Gasteiger partial charge in [-0.3, -0.25) is 0 Å². The van der Waals surface area contributed by atoms with Gasteiger partial charge in [0.15, 0.2) is 0 Å². The summed E-state index contributed by atoms with van der Waals surface area (Å²) in [5, 5.41) is 15.2. The first-order chi connectivity index (χ1) is 13.0. The minimum absolute atomic E-state index is 0.0674. The van der Waals surface area contributed by atoms with E-state index in [4.69, 9.17) is 10.6 Å². The number of oxime groups is 1. The molecule has 4 aliphatic carbocycles. The first-order valence-electron chi connectivity index (χ1n) is 11.5. The van der Waals surface area contributed by atoms with Crippen molar-refractivity contribution in [3.05, 3.63) is 0 Å². The second-order valence-corrected chi connectivity index (χ2v) is 10.4. The molecule has 154 valence electrons. The third kappa shape index (κ3) is 2.97. The topological polar surface area (TPSA) is 67.8 Å². The van der Waals surface area contributed by atoms with Crippen molar-refractivity contribution in [3.8, 4) is 0 Å². The summed E-state index contributed by atoms with van der Waals surface area (Å²) >= 11 is 0. The molecule has 1 unspecified atom stereocenters. The fraction of sp³-hybridized carbons (Fsp3) is 0.957. The maximum atomic E-state index is 10.6. The first kappa shape index (κ1) is 19.7. The average molecular weight is 377 g/mol. The number of fused-ring (bicyclic) bond motifs is 5.